The summed E-state index contributed by atoms with van der Waals surface area (Å²) < 4.78 is 0. The van der Waals surface area contributed by atoms with Crippen LogP contribution in [-0.4, -0.2) is 29.9 Å². The van der Waals surface area contributed by atoms with Crippen molar-refractivity contribution in [2.45, 2.75) is 39.8 Å². The van der Waals surface area contributed by atoms with E-state index in [0.29, 0.717) is 5.91 Å². The Morgan fingerprint density at radius 2 is 2.33 bits per heavy atom. The number of aryl methyl sites for hydroxylation is 1. The number of nitrogens with zero attached hydrogens (tertiary/aromatic N) is 1. The fraction of sp³-hybridized carbons (Fsp3) is 0.643. The van der Waals surface area contributed by atoms with Gasteiger partial charge in [0.1, 0.15) is 0 Å². The second-order valence-electron chi connectivity index (χ2n) is 5.26. The average molecular weight is 266 g/mol. The van der Waals surface area contributed by atoms with E-state index in [1.54, 1.807) is 11.3 Å². The number of hydrogen-bond donors (Lipinski definition) is 1. The monoisotopic (exact) mass is 266 g/mol. The predicted octanol–water partition coefficient (Wildman–Crippen LogP) is 2.40. The summed E-state index contributed by atoms with van der Waals surface area (Å²) >= 11 is 1.78. The largest absolute Gasteiger partial charge is 0.335 e. The molecule has 3 nitrogen and oxygen atoms in total. The van der Waals surface area contributed by atoms with Crippen LogP contribution in [0.1, 0.15) is 30.0 Å². The molecule has 4 heteroatoms. The van der Waals surface area contributed by atoms with Crippen LogP contribution in [0.5, 0.6) is 0 Å². The number of nitrogens with one attached hydrogen (secondary N) is 1. The summed E-state index contributed by atoms with van der Waals surface area (Å²) in [4.78, 5) is 17.1. The van der Waals surface area contributed by atoms with Crippen molar-refractivity contribution < 1.29 is 4.79 Å². The van der Waals surface area contributed by atoms with E-state index in [4.69, 9.17) is 0 Å². The van der Waals surface area contributed by atoms with Gasteiger partial charge in [-0.2, -0.15) is 0 Å². The van der Waals surface area contributed by atoms with Gasteiger partial charge in [0, 0.05) is 22.3 Å². The number of carbonyl (C=O) groups is 1. The van der Waals surface area contributed by atoms with E-state index in [-0.39, 0.29) is 12.0 Å². The van der Waals surface area contributed by atoms with E-state index in [1.165, 1.54) is 9.75 Å². The summed E-state index contributed by atoms with van der Waals surface area (Å²) in [5.74, 6) is 0.481. The van der Waals surface area contributed by atoms with Gasteiger partial charge in [0.05, 0.1) is 12.5 Å². The van der Waals surface area contributed by atoms with Crippen LogP contribution in [0.25, 0.3) is 0 Å². The summed E-state index contributed by atoms with van der Waals surface area (Å²) in [5, 5.41) is 3.27. The predicted molar refractivity (Wildman–Crippen MR) is 75.7 cm³/mol. The van der Waals surface area contributed by atoms with E-state index in [1.807, 2.05) is 4.90 Å². The van der Waals surface area contributed by atoms with E-state index in [0.717, 1.165) is 26.1 Å². The smallest absolute Gasteiger partial charge is 0.227 e. The first-order chi connectivity index (χ1) is 8.58. The zero-order valence-corrected chi connectivity index (χ0v) is 12.2. The Labute approximate surface area is 113 Å². The van der Waals surface area contributed by atoms with Gasteiger partial charge in [0.15, 0.2) is 0 Å². The van der Waals surface area contributed by atoms with Gasteiger partial charge >= 0.3 is 0 Å². The third kappa shape index (κ3) is 3.12. The molecule has 18 heavy (non-hydrogen) atoms. The summed E-state index contributed by atoms with van der Waals surface area (Å²) in [7, 11) is 0. The highest BCUT2D eigenvalue weighted by Gasteiger charge is 2.28. The van der Waals surface area contributed by atoms with Crippen LogP contribution in [0.2, 0.25) is 0 Å². The van der Waals surface area contributed by atoms with E-state index >= 15 is 0 Å². The van der Waals surface area contributed by atoms with Gasteiger partial charge in [0.2, 0.25) is 5.91 Å². The second-order valence-corrected chi connectivity index (χ2v) is 6.63. The van der Waals surface area contributed by atoms with Gasteiger partial charge in [-0.15, -0.1) is 11.3 Å². The standard InChI is InChI=1S/C14H22N2OS/c1-10(2)16(9-13-5-4-11(3)18-13)14(17)12-6-7-15-8-12/h4-5,10,12,15H,6-9H2,1-3H3. The summed E-state index contributed by atoms with van der Waals surface area (Å²) in [6.45, 7) is 8.87. The summed E-state index contributed by atoms with van der Waals surface area (Å²) in [6.07, 6.45) is 0.978. The normalized spacial score (nSPS) is 19.4. The molecule has 1 saturated heterocycles. The quantitative estimate of drug-likeness (QED) is 0.907. The molecule has 1 unspecified atom stereocenters. The maximum atomic E-state index is 12.5. The lowest BCUT2D eigenvalue weighted by atomic mass is 10.1. The summed E-state index contributed by atoms with van der Waals surface area (Å²) in [5.41, 5.74) is 0. The SMILES string of the molecule is Cc1ccc(CN(C(=O)C2CCNC2)C(C)C)s1. The zero-order valence-electron chi connectivity index (χ0n) is 11.4. The fourth-order valence-electron chi connectivity index (χ4n) is 2.35. The van der Waals surface area contributed by atoms with E-state index in [9.17, 15) is 4.79 Å². The number of amides is 1. The van der Waals surface area contributed by atoms with Crippen molar-refractivity contribution in [3.8, 4) is 0 Å². The molecule has 1 aromatic rings. The van der Waals surface area contributed by atoms with Gasteiger partial charge in [-0.25, -0.2) is 0 Å². The Morgan fingerprint density at radius 1 is 1.56 bits per heavy atom. The topological polar surface area (TPSA) is 32.3 Å². The molecular formula is C14H22N2OS. The molecule has 1 amide bonds. The fourth-order valence-corrected chi connectivity index (χ4v) is 3.24. The van der Waals surface area contributed by atoms with Crippen LogP contribution in [0.3, 0.4) is 0 Å². The molecule has 0 bridgehead atoms. The van der Waals surface area contributed by atoms with Crippen LogP contribution in [0, 0.1) is 12.8 Å². The van der Waals surface area contributed by atoms with Crippen molar-refractivity contribution in [2.75, 3.05) is 13.1 Å². The molecule has 2 rings (SSSR count). The maximum absolute atomic E-state index is 12.5. The highest BCUT2D eigenvalue weighted by molar-refractivity contribution is 7.11. The Bertz CT molecular complexity index is 408. The molecule has 0 saturated carbocycles. The van der Waals surface area contributed by atoms with Crippen molar-refractivity contribution in [3.63, 3.8) is 0 Å². The molecule has 1 fully saturated rings. The molecule has 0 aliphatic carbocycles. The molecule has 1 aliphatic rings. The van der Waals surface area contributed by atoms with Crippen molar-refractivity contribution >= 4 is 17.2 Å². The van der Waals surface area contributed by atoms with E-state index in [2.05, 4.69) is 38.2 Å². The van der Waals surface area contributed by atoms with Crippen LogP contribution < -0.4 is 5.32 Å². The molecule has 100 valence electrons. The van der Waals surface area contributed by atoms with Crippen molar-refractivity contribution in [1.29, 1.82) is 0 Å². The third-order valence-electron chi connectivity index (χ3n) is 3.44. The zero-order chi connectivity index (χ0) is 13.1. The molecule has 1 N–H and O–H groups in total. The number of thiophene rings is 1. The Kier molecular flexibility index (Phi) is 4.40. The van der Waals surface area contributed by atoms with Crippen molar-refractivity contribution in [3.05, 3.63) is 21.9 Å². The van der Waals surface area contributed by atoms with Gasteiger partial charge < -0.3 is 10.2 Å². The van der Waals surface area contributed by atoms with Gasteiger partial charge in [-0.05, 0) is 45.9 Å². The van der Waals surface area contributed by atoms with Gasteiger partial charge in [0.25, 0.3) is 0 Å². The lowest BCUT2D eigenvalue weighted by Gasteiger charge is -2.28. The Morgan fingerprint density at radius 3 is 2.83 bits per heavy atom. The highest BCUT2D eigenvalue weighted by atomic mass is 32.1. The summed E-state index contributed by atoms with van der Waals surface area (Å²) in [6, 6.07) is 4.52. The van der Waals surface area contributed by atoms with Gasteiger partial charge in [-0.1, -0.05) is 0 Å². The van der Waals surface area contributed by atoms with Gasteiger partial charge in [-0.3, -0.25) is 4.79 Å². The minimum Gasteiger partial charge on any atom is -0.335 e. The molecular weight excluding hydrogens is 244 g/mol. The molecule has 1 aromatic heterocycles. The van der Waals surface area contributed by atoms with Crippen molar-refractivity contribution in [2.24, 2.45) is 5.92 Å². The van der Waals surface area contributed by atoms with Crippen LogP contribution in [0.4, 0.5) is 0 Å². The number of rotatable bonds is 4. The van der Waals surface area contributed by atoms with Crippen molar-refractivity contribution in [1.82, 2.24) is 10.2 Å². The van der Waals surface area contributed by atoms with Crippen LogP contribution >= 0.6 is 11.3 Å². The molecule has 1 atom stereocenters. The second kappa shape index (κ2) is 5.85. The Balaban J connectivity index is 2.05. The first-order valence-corrected chi connectivity index (χ1v) is 7.46. The lowest BCUT2D eigenvalue weighted by Crippen LogP contribution is -2.40. The van der Waals surface area contributed by atoms with Crippen LogP contribution in [0.15, 0.2) is 12.1 Å². The molecule has 1 aliphatic heterocycles. The maximum Gasteiger partial charge on any atom is 0.227 e. The Hall–Kier alpha value is -0.870. The molecule has 0 spiro atoms. The minimum absolute atomic E-state index is 0.174. The van der Waals surface area contributed by atoms with Crippen LogP contribution in [-0.2, 0) is 11.3 Å². The van der Waals surface area contributed by atoms with E-state index < -0.39 is 0 Å². The first-order valence-electron chi connectivity index (χ1n) is 6.64. The first kappa shape index (κ1) is 13.6. The molecule has 2 heterocycles. The third-order valence-corrected chi connectivity index (χ3v) is 4.42. The lowest BCUT2D eigenvalue weighted by molar-refractivity contribution is -0.137. The highest BCUT2D eigenvalue weighted by Crippen LogP contribution is 2.21. The molecule has 0 radical (unpaired) electrons. The number of carbonyl (C=O) groups excluding carboxylic acids is 1. The average Bonchev–Trinajstić information content (AvgIpc) is 2.95. The molecule has 0 aromatic carbocycles. The number of hydrogen-bond acceptors (Lipinski definition) is 3. The minimum atomic E-state index is 0.174.